The van der Waals surface area contributed by atoms with E-state index in [1.807, 2.05) is 0 Å². The van der Waals surface area contributed by atoms with Gasteiger partial charge in [0.1, 0.15) is 9.88 Å². The molecule has 1 heterocycles. The molecule has 5 heteroatoms. The number of ether oxygens (including phenoxy) is 1. The van der Waals surface area contributed by atoms with Gasteiger partial charge in [0, 0.05) is 0 Å². The van der Waals surface area contributed by atoms with E-state index in [2.05, 4.69) is 32.6 Å². The molecule has 1 aromatic heterocycles. The zero-order valence-corrected chi connectivity index (χ0v) is 10.5. The summed E-state index contributed by atoms with van der Waals surface area (Å²) in [4.78, 5) is 16.1. The molecule has 0 aromatic carbocycles. The first kappa shape index (κ1) is 11.7. The maximum atomic E-state index is 11.1. The normalized spacial score (nSPS) is 12.5. The summed E-state index contributed by atoms with van der Waals surface area (Å²) >= 11 is 4.91. The van der Waals surface area contributed by atoms with Gasteiger partial charge in [-0.2, -0.15) is 0 Å². The summed E-state index contributed by atoms with van der Waals surface area (Å²) in [5.74, 6) is -0.315. The van der Waals surface area contributed by atoms with Crippen molar-refractivity contribution in [2.75, 3.05) is 7.11 Å². The molecule has 0 fully saturated rings. The highest BCUT2D eigenvalue weighted by Crippen LogP contribution is 2.30. The number of nitrogens with zero attached hydrogens (tertiary/aromatic N) is 1. The Balaban J connectivity index is 2.72. The third-order valence-corrected chi connectivity index (χ3v) is 4.01. The van der Waals surface area contributed by atoms with Crippen LogP contribution >= 0.6 is 27.3 Å². The fourth-order valence-corrected chi connectivity index (χ4v) is 2.71. The van der Waals surface area contributed by atoms with Gasteiger partial charge in [0.05, 0.1) is 18.1 Å². The minimum Gasteiger partial charge on any atom is -0.465 e. The zero-order valence-electron chi connectivity index (χ0n) is 8.12. The van der Waals surface area contributed by atoms with Crippen molar-refractivity contribution in [3.05, 3.63) is 16.1 Å². The minimum atomic E-state index is -0.315. The van der Waals surface area contributed by atoms with Gasteiger partial charge in [-0.1, -0.05) is 29.3 Å². The van der Waals surface area contributed by atoms with Crippen LogP contribution < -0.4 is 0 Å². The van der Waals surface area contributed by atoms with Crippen LogP contribution in [-0.2, 0) is 4.74 Å². The highest BCUT2D eigenvalue weighted by Gasteiger charge is 2.15. The summed E-state index contributed by atoms with van der Waals surface area (Å²) in [6.07, 6.45) is 3.67. The lowest BCUT2D eigenvalue weighted by atomic mass is 10.3. The largest absolute Gasteiger partial charge is 0.465 e. The lowest BCUT2D eigenvalue weighted by Crippen LogP contribution is -1.96. The fraction of sp³-hybridized carbons (Fsp3) is 0.556. The zero-order chi connectivity index (χ0) is 10.6. The number of esters is 1. The predicted molar refractivity (Wildman–Crippen MR) is 60.0 cm³/mol. The molecule has 0 spiro atoms. The van der Waals surface area contributed by atoms with Crippen molar-refractivity contribution in [2.24, 2.45) is 0 Å². The van der Waals surface area contributed by atoms with Crippen molar-refractivity contribution in [1.82, 2.24) is 4.98 Å². The first-order chi connectivity index (χ1) is 6.69. The van der Waals surface area contributed by atoms with Gasteiger partial charge in [-0.3, -0.25) is 0 Å². The van der Waals surface area contributed by atoms with E-state index in [1.54, 1.807) is 6.20 Å². The molecular formula is C9H12BrNO2S. The topological polar surface area (TPSA) is 39.2 Å². The Morgan fingerprint density at radius 1 is 1.79 bits per heavy atom. The van der Waals surface area contributed by atoms with Crippen molar-refractivity contribution >= 4 is 33.2 Å². The van der Waals surface area contributed by atoms with E-state index in [0.29, 0.717) is 4.88 Å². The summed E-state index contributed by atoms with van der Waals surface area (Å²) in [5, 5.41) is 0.937. The monoisotopic (exact) mass is 277 g/mol. The fourth-order valence-electron chi connectivity index (χ4n) is 1.00. The molecule has 0 saturated carbocycles. The number of hydrogen-bond acceptors (Lipinski definition) is 4. The maximum Gasteiger partial charge on any atom is 0.349 e. The highest BCUT2D eigenvalue weighted by atomic mass is 79.9. The Morgan fingerprint density at radius 2 is 2.50 bits per heavy atom. The van der Waals surface area contributed by atoms with Crippen LogP contribution in [0.5, 0.6) is 0 Å². The average molecular weight is 278 g/mol. The van der Waals surface area contributed by atoms with Crippen LogP contribution in [0.3, 0.4) is 0 Å². The minimum absolute atomic E-state index is 0.246. The Labute approximate surface area is 95.6 Å². The Bertz CT molecular complexity index is 314. The van der Waals surface area contributed by atoms with Crippen LogP contribution in [-0.4, -0.2) is 18.1 Å². The van der Waals surface area contributed by atoms with Crippen LogP contribution in [0.4, 0.5) is 0 Å². The molecule has 0 amide bonds. The van der Waals surface area contributed by atoms with E-state index in [1.165, 1.54) is 18.4 Å². The Kier molecular flexibility index (Phi) is 4.54. The molecule has 1 rings (SSSR count). The number of thiazole rings is 1. The highest BCUT2D eigenvalue weighted by molar-refractivity contribution is 9.09. The second-order valence-electron chi connectivity index (χ2n) is 2.81. The molecule has 0 radical (unpaired) electrons. The lowest BCUT2D eigenvalue weighted by Gasteiger charge is -2.02. The number of rotatable bonds is 4. The molecule has 78 valence electrons. The molecule has 0 bridgehead atoms. The van der Waals surface area contributed by atoms with Crippen LogP contribution in [0.15, 0.2) is 6.20 Å². The van der Waals surface area contributed by atoms with E-state index < -0.39 is 0 Å². The number of hydrogen-bond donors (Lipinski definition) is 0. The molecule has 0 N–H and O–H groups in total. The van der Waals surface area contributed by atoms with Crippen molar-refractivity contribution in [1.29, 1.82) is 0 Å². The van der Waals surface area contributed by atoms with Crippen molar-refractivity contribution in [2.45, 2.75) is 24.6 Å². The van der Waals surface area contributed by atoms with Gasteiger partial charge in [0.15, 0.2) is 0 Å². The molecule has 14 heavy (non-hydrogen) atoms. The summed E-state index contributed by atoms with van der Waals surface area (Å²) in [7, 11) is 1.37. The van der Waals surface area contributed by atoms with Gasteiger partial charge in [0.25, 0.3) is 0 Å². The number of aromatic nitrogens is 1. The first-order valence-electron chi connectivity index (χ1n) is 4.37. The number of methoxy groups -OCH3 is 1. The van der Waals surface area contributed by atoms with E-state index in [9.17, 15) is 4.79 Å². The summed E-state index contributed by atoms with van der Waals surface area (Å²) in [6, 6.07) is 0. The molecular weight excluding hydrogens is 266 g/mol. The van der Waals surface area contributed by atoms with Crippen LogP contribution in [0.25, 0.3) is 0 Å². The quantitative estimate of drug-likeness (QED) is 0.627. The van der Waals surface area contributed by atoms with Crippen LogP contribution in [0.2, 0.25) is 0 Å². The molecule has 0 aliphatic carbocycles. The number of carbonyl (C=O) groups is 1. The molecule has 1 atom stereocenters. The molecule has 0 aliphatic heterocycles. The van der Waals surface area contributed by atoms with E-state index in [0.717, 1.165) is 17.8 Å². The summed E-state index contributed by atoms with van der Waals surface area (Å²) in [5.41, 5.74) is 0. The predicted octanol–water partition coefficient (Wildman–Crippen LogP) is 3.17. The Morgan fingerprint density at radius 3 is 3.07 bits per heavy atom. The summed E-state index contributed by atoms with van der Waals surface area (Å²) in [6.45, 7) is 2.11. The smallest absolute Gasteiger partial charge is 0.349 e. The molecule has 0 aliphatic rings. The van der Waals surface area contributed by atoms with Crippen molar-refractivity contribution in [3.8, 4) is 0 Å². The first-order valence-corrected chi connectivity index (χ1v) is 6.10. The van der Waals surface area contributed by atoms with E-state index in [4.69, 9.17) is 0 Å². The van der Waals surface area contributed by atoms with Crippen LogP contribution in [0.1, 0.15) is 39.3 Å². The lowest BCUT2D eigenvalue weighted by molar-refractivity contribution is 0.0606. The van der Waals surface area contributed by atoms with E-state index >= 15 is 0 Å². The molecule has 3 nitrogen and oxygen atoms in total. The van der Waals surface area contributed by atoms with Gasteiger partial charge < -0.3 is 4.74 Å². The van der Waals surface area contributed by atoms with Gasteiger partial charge in [-0.25, -0.2) is 9.78 Å². The van der Waals surface area contributed by atoms with Crippen molar-refractivity contribution < 1.29 is 9.53 Å². The van der Waals surface area contributed by atoms with Gasteiger partial charge in [-0.15, -0.1) is 11.3 Å². The second kappa shape index (κ2) is 5.46. The van der Waals surface area contributed by atoms with Crippen molar-refractivity contribution in [3.63, 3.8) is 0 Å². The maximum absolute atomic E-state index is 11.1. The number of carbonyl (C=O) groups excluding carboxylic acids is 1. The number of alkyl halides is 1. The molecule has 1 unspecified atom stereocenters. The number of halogens is 1. The average Bonchev–Trinajstić information content (AvgIpc) is 2.66. The third-order valence-electron chi connectivity index (χ3n) is 1.72. The third kappa shape index (κ3) is 2.78. The van der Waals surface area contributed by atoms with Crippen LogP contribution in [0, 0.1) is 0 Å². The standard InChI is InChI=1S/C9H12BrNO2S/c1-3-4-6(10)8-11-5-7(14-8)9(12)13-2/h5-6H,3-4H2,1-2H3. The van der Waals surface area contributed by atoms with E-state index in [-0.39, 0.29) is 10.8 Å². The van der Waals surface area contributed by atoms with Gasteiger partial charge in [-0.05, 0) is 6.42 Å². The second-order valence-corrected chi connectivity index (χ2v) is 4.98. The molecule has 1 aromatic rings. The molecule has 0 saturated heterocycles. The summed E-state index contributed by atoms with van der Waals surface area (Å²) < 4.78 is 4.61. The Hall–Kier alpha value is -0.420. The van der Waals surface area contributed by atoms with Gasteiger partial charge >= 0.3 is 5.97 Å². The van der Waals surface area contributed by atoms with Gasteiger partial charge in [0.2, 0.25) is 0 Å². The SMILES string of the molecule is CCCC(Br)c1ncc(C(=O)OC)s1.